The fraction of sp³-hybridized carbons (Fsp3) is 0.370. The van der Waals surface area contributed by atoms with Crippen LogP contribution in [0.15, 0.2) is 47.3 Å². The number of aromatic nitrogens is 4. The average Bonchev–Trinajstić information content (AvgIpc) is 3.20. The SMILES string of the molecule is CCC.CCn1c(=O)n(C)c2cc(-c3c(Cc4cccc(C)c4)nn(C)c3NC(C)=O)ccc21. The van der Waals surface area contributed by atoms with E-state index in [0.29, 0.717) is 18.8 Å². The number of carbonyl (C=O) groups excluding carboxylic acids is 1. The number of benzene rings is 2. The Labute approximate surface area is 201 Å². The second-order valence-electron chi connectivity index (χ2n) is 8.64. The summed E-state index contributed by atoms with van der Waals surface area (Å²) in [6, 6.07) is 14.3. The number of rotatable bonds is 5. The van der Waals surface area contributed by atoms with Crippen LogP contribution < -0.4 is 11.0 Å². The van der Waals surface area contributed by atoms with E-state index in [1.807, 2.05) is 38.2 Å². The van der Waals surface area contributed by atoms with Gasteiger partial charge in [-0.3, -0.25) is 18.6 Å². The number of imidazole rings is 1. The molecule has 0 atom stereocenters. The smallest absolute Gasteiger partial charge is 0.311 e. The fourth-order valence-corrected chi connectivity index (χ4v) is 4.20. The highest BCUT2D eigenvalue weighted by atomic mass is 16.2. The zero-order chi connectivity index (χ0) is 25.0. The van der Waals surface area contributed by atoms with Gasteiger partial charge in [-0.1, -0.05) is 56.2 Å². The summed E-state index contributed by atoms with van der Waals surface area (Å²) in [4.78, 5) is 24.5. The maximum absolute atomic E-state index is 12.6. The molecule has 0 saturated carbocycles. The summed E-state index contributed by atoms with van der Waals surface area (Å²) in [6.45, 7) is 10.4. The van der Waals surface area contributed by atoms with Crippen molar-refractivity contribution in [3.63, 3.8) is 0 Å². The third-order valence-corrected chi connectivity index (χ3v) is 5.62. The third kappa shape index (κ3) is 4.98. The molecular weight excluding hydrogens is 426 g/mol. The van der Waals surface area contributed by atoms with E-state index < -0.39 is 0 Å². The number of anilines is 1. The van der Waals surface area contributed by atoms with E-state index in [4.69, 9.17) is 5.10 Å². The van der Waals surface area contributed by atoms with Crippen LogP contribution in [-0.2, 0) is 31.9 Å². The Morgan fingerprint density at radius 3 is 2.35 bits per heavy atom. The minimum atomic E-state index is -0.156. The number of hydrogen-bond acceptors (Lipinski definition) is 3. The van der Waals surface area contributed by atoms with Gasteiger partial charge in [0.25, 0.3) is 0 Å². The second-order valence-corrected chi connectivity index (χ2v) is 8.64. The zero-order valence-corrected chi connectivity index (χ0v) is 21.3. The average molecular weight is 462 g/mol. The number of carbonyl (C=O) groups is 1. The normalized spacial score (nSPS) is 10.8. The van der Waals surface area contributed by atoms with Crippen LogP contribution in [0.1, 0.15) is 50.9 Å². The van der Waals surface area contributed by atoms with Crippen LogP contribution in [0.5, 0.6) is 0 Å². The Kier molecular flexibility index (Phi) is 7.76. The minimum absolute atomic E-state index is 0.0390. The molecule has 2 heterocycles. The van der Waals surface area contributed by atoms with Gasteiger partial charge >= 0.3 is 5.69 Å². The summed E-state index contributed by atoms with van der Waals surface area (Å²) in [5, 5.41) is 7.67. The third-order valence-electron chi connectivity index (χ3n) is 5.62. The highest BCUT2D eigenvalue weighted by Crippen LogP contribution is 2.34. The molecule has 180 valence electrons. The van der Waals surface area contributed by atoms with Crippen molar-refractivity contribution in [3.8, 4) is 11.1 Å². The lowest BCUT2D eigenvalue weighted by atomic mass is 9.99. The lowest BCUT2D eigenvalue weighted by Gasteiger charge is -2.09. The summed E-state index contributed by atoms with van der Waals surface area (Å²) in [6.07, 6.45) is 1.89. The molecule has 1 N–H and O–H groups in total. The van der Waals surface area contributed by atoms with Crippen molar-refractivity contribution in [2.75, 3.05) is 5.32 Å². The van der Waals surface area contributed by atoms with Crippen LogP contribution in [0.2, 0.25) is 0 Å². The van der Waals surface area contributed by atoms with Crippen LogP contribution in [0.25, 0.3) is 22.2 Å². The first-order valence-electron chi connectivity index (χ1n) is 11.8. The highest BCUT2D eigenvalue weighted by Gasteiger charge is 2.21. The maximum Gasteiger partial charge on any atom is 0.328 e. The molecule has 1 amide bonds. The first-order chi connectivity index (χ1) is 16.2. The van der Waals surface area contributed by atoms with Gasteiger partial charge in [0.2, 0.25) is 5.91 Å². The van der Waals surface area contributed by atoms with Gasteiger partial charge in [-0.2, -0.15) is 5.10 Å². The number of nitrogens with one attached hydrogen (secondary N) is 1. The molecule has 4 rings (SSSR count). The van der Waals surface area contributed by atoms with Crippen molar-refractivity contribution >= 4 is 22.8 Å². The lowest BCUT2D eigenvalue weighted by Crippen LogP contribution is -2.21. The van der Waals surface area contributed by atoms with Crippen molar-refractivity contribution in [1.29, 1.82) is 0 Å². The van der Waals surface area contributed by atoms with Crippen molar-refractivity contribution in [1.82, 2.24) is 18.9 Å². The van der Waals surface area contributed by atoms with Gasteiger partial charge in [-0.25, -0.2) is 4.79 Å². The molecule has 0 saturated heterocycles. The number of hydrogen-bond donors (Lipinski definition) is 1. The minimum Gasteiger partial charge on any atom is -0.311 e. The molecule has 4 aromatic rings. The first kappa shape index (κ1) is 25.0. The van der Waals surface area contributed by atoms with Gasteiger partial charge in [-0.15, -0.1) is 0 Å². The van der Waals surface area contributed by atoms with Gasteiger partial charge in [0.1, 0.15) is 5.82 Å². The first-order valence-corrected chi connectivity index (χ1v) is 11.8. The van der Waals surface area contributed by atoms with Gasteiger partial charge in [0.05, 0.1) is 16.7 Å². The molecule has 2 aromatic carbocycles. The topological polar surface area (TPSA) is 73.8 Å². The maximum atomic E-state index is 12.6. The van der Waals surface area contributed by atoms with Crippen LogP contribution in [0.3, 0.4) is 0 Å². The molecule has 0 aliphatic carbocycles. The lowest BCUT2D eigenvalue weighted by molar-refractivity contribution is -0.114. The molecule has 0 spiro atoms. The predicted molar refractivity (Wildman–Crippen MR) is 139 cm³/mol. The quantitative estimate of drug-likeness (QED) is 0.453. The molecule has 34 heavy (non-hydrogen) atoms. The van der Waals surface area contributed by atoms with E-state index >= 15 is 0 Å². The van der Waals surface area contributed by atoms with Crippen molar-refractivity contribution in [2.24, 2.45) is 14.1 Å². The summed E-state index contributed by atoms with van der Waals surface area (Å²) >= 11 is 0. The number of aryl methyl sites for hydroxylation is 4. The summed E-state index contributed by atoms with van der Waals surface area (Å²) < 4.78 is 5.13. The molecule has 0 bridgehead atoms. The van der Waals surface area contributed by atoms with Crippen LogP contribution in [-0.4, -0.2) is 24.8 Å². The molecule has 0 unspecified atom stereocenters. The zero-order valence-electron chi connectivity index (χ0n) is 21.3. The van der Waals surface area contributed by atoms with E-state index in [1.54, 1.807) is 20.9 Å². The highest BCUT2D eigenvalue weighted by molar-refractivity contribution is 5.95. The number of nitrogens with zero attached hydrogens (tertiary/aromatic N) is 4. The predicted octanol–water partition coefficient (Wildman–Crippen LogP) is 5.03. The molecule has 7 nitrogen and oxygen atoms in total. The van der Waals surface area contributed by atoms with E-state index in [-0.39, 0.29) is 11.6 Å². The van der Waals surface area contributed by atoms with Gasteiger partial charge < -0.3 is 5.32 Å². The molecular formula is C27H35N5O2. The summed E-state index contributed by atoms with van der Waals surface area (Å²) in [5.74, 6) is 0.492. The van der Waals surface area contributed by atoms with Crippen LogP contribution >= 0.6 is 0 Å². The summed E-state index contributed by atoms with van der Waals surface area (Å²) in [7, 11) is 3.61. The fourth-order valence-electron chi connectivity index (χ4n) is 4.20. The van der Waals surface area contributed by atoms with Crippen LogP contribution in [0, 0.1) is 6.92 Å². The molecule has 0 fully saturated rings. The Balaban J connectivity index is 0.00000103. The van der Waals surface area contributed by atoms with Gasteiger partial charge in [0.15, 0.2) is 0 Å². The van der Waals surface area contributed by atoms with E-state index in [2.05, 4.69) is 44.3 Å². The Hall–Kier alpha value is -3.61. The molecule has 0 radical (unpaired) electrons. The molecule has 7 heteroatoms. The van der Waals surface area contributed by atoms with E-state index in [9.17, 15) is 9.59 Å². The van der Waals surface area contributed by atoms with E-state index in [1.165, 1.54) is 18.9 Å². The Morgan fingerprint density at radius 1 is 1.03 bits per heavy atom. The Bertz CT molecular complexity index is 1370. The summed E-state index contributed by atoms with van der Waals surface area (Å²) in [5.41, 5.74) is 6.70. The second kappa shape index (κ2) is 10.5. The van der Waals surface area contributed by atoms with Crippen molar-refractivity contribution < 1.29 is 4.79 Å². The van der Waals surface area contributed by atoms with Crippen LogP contribution in [0.4, 0.5) is 5.82 Å². The standard InChI is InChI=1S/C24H27N5O2.C3H8/c1-6-29-20-11-10-18(14-21(20)27(4)24(29)31)22-19(13-17-9-7-8-15(2)12-17)26-28(5)23(22)25-16(3)30;1-3-2/h7-12,14H,6,13H2,1-5H3,(H,25,30);3H2,1-2H3. The Morgan fingerprint density at radius 2 is 1.74 bits per heavy atom. The molecule has 2 aromatic heterocycles. The van der Waals surface area contributed by atoms with Gasteiger partial charge in [0, 0.05) is 39.5 Å². The largest absolute Gasteiger partial charge is 0.328 e. The van der Waals surface area contributed by atoms with E-state index in [0.717, 1.165) is 33.4 Å². The van der Waals surface area contributed by atoms with Gasteiger partial charge in [-0.05, 0) is 37.1 Å². The number of fused-ring (bicyclic) bond motifs is 1. The van der Waals surface area contributed by atoms with Crippen molar-refractivity contribution in [3.05, 3.63) is 69.8 Å². The molecule has 0 aliphatic heterocycles. The van der Waals surface area contributed by atoms with Crippen molar-refractivity contribution in [2.45, 2.75) is 54.0 Å². The monoisotopic (exact) mass is 461 g/mol. The number of amides is 1. The molecule has 0 aliphatic rings.